The molecule has 2 aromatic carbocycles. The molecule has 0 heterocycles. The zero-order valence-electron chi connectivity index (χ0n) is 16.7. The van der Waals surface area contributed by atoms with Crippen LogP contribution in [-0.4, -0.2) is 28.8 Å². The van der Waals surface area contributed by atoms with E-state index in [1.54, 1.807) is 0 Å². The van der Waals surface area contributed by atoms with E-state index in [0.717, 1.165) is 55.3 Å². The van der Waals surface area contributed by atoms with Gasteiger partial charge in [0.25, 0.3) is 5.91 Å². The summed E-state index contributed by atoms with van der Waals surface area (Å²) in [6.07, 6.45) is 5.77. The highest BCUT2D eigenvalue weighted by atomic mass is 16.2. The Balaban J connectivity index is 1.48. The molecule has 2 saturated carbocycles. The molecule has 0 aromatic heterocycles. The van der Waals surface area contributed by atoms with Crippen molar-refractivity contribution < 1.29 is 9.59 Å². The van der Waals surface area contributed by atoms with Crippen LogP contribution in [0.15, 0.2) is 54.6 Å². The van der Waals surface area contributed by atoms with E-state index in [0.29, 0.717) is 6.54 Å². The number of hydrogen-bond acceptors (Lipinski definition) is 3. The molecule has 2 fully saturated rings. The number of hydrogen-bond donors (Lipinski definition) is 2. The van der Waals surface area contributed by atoms with Crippen molar-refractivity contribution in [1.82, 2.24) is 4.90 Å². The second-order valence-corrected chi connectivity index (χ2v) is 8.33. The van der Waals surface area contributed by atoms with Crippen LogP contribution in [0, 0.1) is 5.92 Å². The van der Waals surface area contributed by atoms with Crippen LogP contribution >= 0.6 is 0 Å². The second-order valence-electron chi connectivity index (χ2n) is 8.33. The lowest BCUT2D eigenvalue weighted by Crippen LogP contribution is -2.43. The first-order chi connectivity index (χ1) is 14.1. The molecule has 2 aromatic rings. The lowest BCUT2D eigenvalue weighted by molar-refractivity contribution is -0.117. The summed E-state index contributed by atoms with van der Waals surface area (Å²) < 4.78 is 0. The molecule has 5 nitrogen and oxygen atoms in total. The Bertz CT molecular complexity index is 838. The molecule has 0 spiro atoms. The second kappa shape index (κ2) is 8.78. The Labute approximate surface area is 172 Å². The fraction of sp³-hybridized carbons (Fsp3) is 0.417. The van der Waals surface area contributed by atoms with Crippen LogP contribution in [-0.2, 0) is 11.3 Å². The number of nitrogens with one attached hydrogen (secondary N) is 1. The van der Waals surface area contributed by atoms with E-state index in [1.165, 1.54) is 0 Å². The predicted octanol–water partition coefficient (Wildman–Crippen LogP) is 3.95. The third-order valence-corrected chi connectivity index (χ3v) is 5.99. The van der Waals surface area contributed by atoms with E-state index in [2.05, 4.69) is 5.32 Å². The van der Waals surface area contributed by atoms with Gasteiger partial charge in [-0.25, -0.2) is 0 Å². The van der Waals surface area contributed by atoms with Gasteiger partial charge in [-0.2, -0.15) is 0 Å². The smallest absolute Gasteiger partial charge is 0.254 e. The molecule has 0 bridgehead atoms. The fourth-order valence-electron chi connectivity index (χ4n) is 4.01. The monoisotopic (exact) mass is 391 g/mol. The molecule has 0 saturated heterocycles. The molecular formula is C24H29N3O2. The Kier molecular flexibility index (Phi) is 5.95. The molecule has 29 heavy (non-hydrogen) atoms. The molecule has 0 atom stereocenters. The minimum Gasteiger partial charge on any atom is -0.331 e. The van der Waals surface area contributed by atoms with E-state index in [9.17, 15) is 9.59 Å². The predicted molar refractivity (Wildman–Crippen MR) is 114 cm³/mol. The van der Waals surface area contributed by atoms with Gasteiger partial charge in [0.2, 0.25) is 5.91 Å². The standard InChI is InChI=1S/C24H29N3O2/c25-20-10-14-22(15-11-20)27(24(29)19-4-2-1-3-5-19)16-17-6-12-21(13-7-17)26-23(28)18-8-9-18/h1-7,12-13,18,20,22H,8-11,14-16,25H2,(H,26,28). The normalized spacial score (nSPS) is 21.4. The van der Waals surface area contributed by atoms with Crippen LogP contribution in [0.5, 0.6) is 0 Å². The van der Waals surface area contributed by atoms with Crippen molar-refractivity contribution >= 4 is 17.5 Å². The van der Waals surface area contributed by atoms with E-state index in [4.69, 9.17) is 5.73 Å². The van der Waals surface area contributed by atoms with Crippen molar-refractivity contribution in [3.63, 3.8) is 0 Å². The summed E-state index contributed by atoms with van der Waals surface area (Å²) in [6, 6.07) is 17.8. The summed E-state index contributed by atoms with van der Waals surface area (Å²) in [5.74, 6) is 0.362. The summed E-state index contributed by atoms with van der Waals surface area (Å²) >= 11 is 0. The maximum absolute atomic E-state index is 13.3. The Morgan fingerprint density at radius 2 is 1.55 bits per heavy atom. The first-order valence-corrected chi connectivity index (χ1v) is 10.6. The van der Waals surface area contributed by atoms with Gasteiger partial charge in [0, 0.05) is 35.8 Å². The van der Waals surface area contributed by atoms with E-state index < -0.39 is 0 Å². The average molecular weight is 392 g/mol. The van der Waals surface area contributed by atoms with Crippen molar-refractivity contribution in [3.05, 3.63) is 65.7 Å². The Hall–Kier alpha value is -2.66. The number of benzene rings is 2. The zero-order chi connectivity index (χ0) is 20.2. The van der Waals surface area contributed by atoms with Crippen LogP contribution in [0.2, 0.25) is 0 Å². The van der Waals surface area contributed by atoms with Gasteiger partial charge in [-0.15, -0.1) is 0 Å². The summed E-state index contributed by atoms with van der Waals surface area (Å²) in [7, 11) is 0. The van der Waals surface area contributed by atoms with Gasteiger partial charge in [-0.3, -0.25) is 9.59 Å². The van der Waals surface area contributed by atoms with Gasteiger partial charge < -0.3 is 16.0 Å². The number of carbonyl (C=O) groups excluding carboxylic acids is 2. The Morgan fingerprint density at radius 3 is 2.17 bits per heavy atom. The largest absolute Gasteiger partial charge is 0.331 e. The van der Waals surface area contributed by atoms with Gasteiger partial charge in [0.1, 0.15) is 0 Å². The lowest BCUT2D eigenvalue weighted by Gasteiger charge is -2.36. The molecule has 2 amide bonds. The minimum atomic E-state index is 0.0668. The van der Waals surface area contributed by atoms with Gasteiger partial charge in [-0.05, 0) is 68.4 Å². The molecule has 4 rings (SSSR count). The molecule has 3 N–H and O–H groups in total. The molecule has 5 heteroatoms. The van der Waals surface area contributed by atoms with Crippen LogP contribution < -0.4 is 11.1 Å². The number of rotatable bonds is 6. The first-order valence-electron chi connectivity index (χ1n) is 10.6. The van der Waals surface area contributed by atoms with Crippen LogP contribution in [0.3, 0.4) is 0 Å². The van der Waals surface area contributed by atoms with Crippen molar-refractivity contribution in [2.45, 2.75) is 57.2 Å². The summed E-state index contributed by atoms with van der Waals surface area (Å²) in [4.78, 5) is 27.2. The molecule has 0 radical (unpaired) electrons. The highest BCUT2D eigenvalue weighted by Crippen LogP contribution is 2.30. The maximum atomic E-state index is 13.3. The maximum Gasteiger partial charge on any atom is 0.254 e. The van der Waals surface area contributed by atoms with Crippen molar-refractivity contribution in [3.8, 4) is 0 Å². The van der Waals surface area contributed by atoms with Gasteiger partial charge >= 0.3 is 0 Å². The van der Waals surface area contributed by atoms with Gasteiger partial charge in [0.15, 0.2) is 0 Å². The molecule has 2 aliphatic rings. The molecule has 2 aliphatic carbocycles. The van der Waals surface area contributed by atoms with Gasteiger partial charge in [0.05, 0.1) is 0 Å². The minimum absolute atomic E-state index is 0.0668. The SMILES string of the molecule is NC1CCC(N(Cc2ccc(NC(=O)C3CC3)cc2)C(=O)c2ccccc2)CC1. The quantitative estimate of drug-likeness (QED) is 0.783. The van der Waals surface area contributed by atoms with Crippen molar-refractivity contribution in [2.75, 3.05) is 5.32 Å². The van der Waals surface area contributed by atoms with Crippen molar-refractivity contribution in [1.29, 1.82) is 0 Å². The van der Waals surface area contributed by atoms with Crippen LogP contribution in [0.4, 0.5) is 5.69 Å². The van der Waals surface area contributed by atoms with E-state index in [-0.39, 0.29) is 29.8 Å². The third kappa shape index (κ3) is 5.04. The zero-order valence-corrected chi connectivity index (χ0v) is 16.7. The summed E-state index contributed by atoms with van der Waals surface area (Å²) in [5, 5.41) is 2.97. The average Bonchev–Trinajstić information content (AvgIpc) is 3.60. The summed E-state index contributed by atoms with van der Waals surface area (Å²) in [5.41, 5.74) is 8.68. The van der Waals surface area contributed by atoms with E-state index >= 15 is 0 Å². The fourth-order valence-corrected chi connectivity index (χ4v) is 4.01. The third-order valence-electron chi connectivity index (χ3n) is 5.99. The summed E-state index contributed by atoms with van der Waals surface area (Å²) in [6.45, 7) is 0.560. The molecular weight excluding hydrogens is 362 g/mol. The highest BCUT2D eigenvalue weighted by molar-refractivity contribution is 5.95. The number of anilines is 1. The number of carbonyl (C=O) groups is 2. The molecule has 152 valence electrons. The highest BCUT2D eigenvalue weighted by Gasteiger charge is 2.30. The number of amides is 2. The van der Waals surface area contributed by atoms with Crippen LogP contribution in [0.1, 0.15) is 54.4 Å². The number of nitrogens with two attached hydrogens (primary N) is 1. The molecule has 0 aliphatic heterocycles. The number of nitrogens with zero attached hydrogens (tertiary/aromatic N) is 1. The van der Waals surface area contributed by atoms with E-state index in [1.807, 2.05) is 59.5 Å². The van der Waals surface area contributed by atoms with Crippen LogP contribution in [0.25, 0.3) is 0 Å². The topological polar surface area (TPSA) is 75.4 Å². The molecule has 0 unspecified atom stereocenters. The van der Waals surface area contributed by atoms with Gasteiger partial charge in [-0.1, -0.05) is 30.3 Å². The first kappa shape index (κ1) is 19.6. The Morgan fingerprint density at radius 1 is 0.897 bits per heavy atom. The lowest BCUT2D eigenvalue weighted by atomic mass is 9.90. The van der Waals surface area contributed by atoms with Crippen molar-refractivity contribution in [2.24, 2.45) is 11.7 Å².